The molecular weight excluding hydrogens is 404 g/mol. The van der Waals surface area contributed by atoms with Crippen LogP contribution in [0.4, 0.5) is 0 Å². The number of benzene rings is 2. The molecule has 0 saturated carbocycles. The second-order valence-electron chi connectivity index (χ2n) is 6.65. The molecule has 0 aliphatic carbocycles. The maximum absolute atomic E-state index is 12.9. The third-order valence-electron chi connectivity index (χ3n) is 4.65. The molecule has 3 rings (SSSR count). The summed E-state index contributed by atoms with van der Waals surface area (Å²) in [6.45, 7) is 2.15. The number of hydrogen-bond acceptors (Lipinski definition) is 4. The van der Waals surface area contributed by atoms with E-state index in [1.807, 2.05) is 17.5 Å². The lowest BCUT2D eigenvalue weighted by atomic mass is 10.0. The van der Waals surface area contributed by atoms with E-state index in [1.54, 1.807) is 11.3 Å². The largest absolute Gasteiger partial charge is 0.340 e. The van der Waals surface area contributed by atoms with E-state index >= 15 is 0 Å². The lowest BCUT2D eigenvalue weighted by Gasteiger charge is -2.19. The molecule has 2 N–H and O–H groups in total. The monoisotopic (exact) mass is 428 g/mol. The lowest BCUT2D eigenvalue weighted by Crippen LogP contribution is -2.29. The minimum Gasteiger partial charge on any atom is -0.340 e. The molecule has 1 aromatic heterocycles. The molecule has 29 heavy (non-hydrogen) atoms. The highest BCUT2D eigenvalue weighted by atomic mass is 32.2. The summed E-state index contributed by atoms with van der Waals surface area (Å²) in [6.07, 6.45) is 2.11. The first-order chi connectivity index (χ1) is 13.9. The number of carbonyl (C=O) groups is 1. The number of hydrogen-bond donors (Lipinski definition) is 2. The SMILES string of the molecule is CCCc1ccc(C(NC(=O)c2ccc(S(=O)(=O)NC)cc2)c2cccs2)cc1. The molecule has 0 bridgehead atoms. The van der Waals surface area contributed by atoms with Crippen molar-refractivity contribution in [3.8, 4) is 0 Å². The Balaban J connectivity index is 1.84. The quantitative estimate of drug-likeness (QED) is 0.566. The summed E-state index contributed by atoms with van der Waals surface area (Å²) < 4.78 is 26.0. The van der Waals surface area contributed by atoms with Gasteiger partial charge in [-0.05, 0) is 60.3 Å². The van der Waals surface area contributed by atoms with Gasteiger partial charge in [-0.15, -0.1) is 11.3 Å². The van der Waals surface area contributed by atoms with Gasteiger partial charge in [0.05, 0.1) is 10.9 Å². The second kappa shape index (κ2) is 9.35. The fourth-order valence-corrected chi connectivity index (χ4v) is 4.59. The van der Waals surface area contributed by atoms with Crippen LogP contribution in [0.5, 0.6) is 0 Å². The Morgan fingerprint density at radius 3 is 2.28 bits per heavy atom. The number of amides is 1. The molecule has 1 unspecified atom stereocenters. The van der Waals surface area contributed by atoms with Gasteiger partial charge in [0.2, 0.25) is 10.0 Å². The number of sulfonamides is 1. The van der Waals surface area contributed by atoms with E-state index in [9.17, 15) is 13.2 Å². The van der Waals surface area contributed by atoms with Crippen molar-refractivity contribution >= 4 is 27.3 Å². The van der Waals surface area contributed by atoms with Crippen LogP contribution in [-0.2, 0) is 16.4 Å². The molecule has 1 heterocycles. The van der Waals surface area contributed by atoms with Crippen LogP contribution in [0.3, 0.4) is 0 Å². The van der Waals surface area contributed by atoms with Crippen LogP contribution in [0.1, 0.15) is 45.7 Å². The predicted octanol–water partition coefficient (Wildman–Crippen LogP) is 4.13. The molecule has 0 radical (unpaired) electrons. The van der Waals surface area contributed by atoms with Crippen molar-refractivity contribution in [3.63, 3.8) is 0 Å². The summed E-state index contributed by atoms with van der Waals surface area (Å²) in [7, 11) is -2.18. The van der Waals surface area contributed by atoms with Gasteiger partial charge < -0.3 is 5.32 Å². The number of aryl methyl sites for hydroxylation is 1. The number of rotatable bonds is 8. The molecule has 1 atom stereocenters. The summed E-state index contributed by atoms with van der Waals surface area (Å²) >= 11 is 1.58. The number of thiophene rings is 1. The Kier molecular flexibility index (Phi) is 6.84. The standard InChI is InChI=1S/C22H24N2O3S2/c1-3-5-16-7-9-17(10-8-16)21(20-6-4-15-28-20)24-22(25)18-11-13-19(14-12-18)29(26,27)23-2/h4,6-15,21,23H,3,5H2,1-2H3,(H,24,25). The maximum atomic E-state index is 12.9. The van der Waals surface area contributed by atoms with Gasteiger partial charge >= 0.3 is 0 Å². The van der Waals surface area contributed by atoms with Crippen molar-refractivity contribution in [2.75, 3.05) is 7.05 Å². The minimum atomic E-state index is -3.53. The molecule has 0 aliphatic rings. The minimum absolute atomic E-state index is 0.123. The molecule has 0 fully saturated rings. The highest BCUT2D eigenvalue weighted by Crippen LogP contribution is 2.27. The van der Waals surface area contributed by atoms with Gasteiger partial charge in [0, 0.05) is 10.4 Å². The van der Waals surface area contributed by atoms with Crippen LogP contribution < -0.4 is 10.0 Å². The zero-order valence-electron chi connectivity index (χ0n) is 16.4. The zero-order valence-corrected chi connectivity index (χ0v) is 18.0. The average molecular weight is 429 g/mol. The first kappa shape index (κ1) is 21.2. The third kappa shape index (κ3) is 5.12. The Bertz CT molecular complexity index is 1040. The van der Waals surface area contributed by atoms with Gasteiger partial charge in [0.15, 0.2) is 0 Å². The van der Waals surface area contributed by atoms with Gasteiger partial charge in [-0.2, -0.15) is 0 Å². The van der Waals surface area contributed by atoms with E-state index in [0.29, 0.717) is 5.56 Å². The van der Waals surface area contributed by atoms with Gasteiger partial charge in [-0.25, -0.2) is 13.1 Å². The van der Waals surface area contributed by atoms with Crippen molar-refractivity contribution in [1.82, 2.24) is 10.0 Å². The number of nitrogens with one attached hydrogen (secondary N) is 2. The third-order valence-corrected chi connectivity index (χ3v) is 7.02. The van der Waals surface area contributed by atoms with Crippen LogP contribution in [0, 0.1) is 0 Å². The van der Waals surface area contributed by atoms with Crippen LogP contribution >= 0.6 is 11.3 Å². The fraction of sp³-hybridized carbons (Fsp3) is 0.227. The zero-order chi connectivity index (χ0) is 20.9. The summed E-state index contributed by atoms with van der Waals surface area (Å²) in [6, 6.07) is 17.9. The van der Waals surface area contributed by atoms with Gasteiger partial charge in [0.1, 0.15) is 0 Å². The van der Waals surface area contributed by atoms with Crippen molar-refractivity contribution in [2.45, 2.75) is 30.7 Å². The highest BCUT2D eigenvalue weighted by Gasteiger charge is 2.19. The van der Waals surface area contributed by atoms with Gasteiger partial charge in [-0.1, -0.05) is 43.7 Å². The van der Waals surface area contributed by atoms with Crippen molar-refractivity contribution < 1.29 is 13.2 Å². The molecule has 152 valence electrons. The molecule has 7 heteroatoms. The van der Waals surface area contributed by atoms with E-state index in [-0.39, 0.29) is 16.8 Å². The molecule has 1 amide bonds. The molecule has 0 saturated heterocycles. The molecule has 3 aromatic rings. The Hall–Kier alpha value is -2.48. The molecule has 5 nitrogen and oxygen atoms in total. The van der Waals surface area contributed by atoms with E-state index in [4.69, 9.17) is 0 Å². The highest BCUT2D eigenvalue weighted by molar-refractivity contribution is 7.89. The first-order valence-corrected chi connectivity index (χ1v) is 11.8. The van der Waals surface area contributed by atoms with Crippen LogP contribution in [0.15, 0.2) is 70.9 Å². The lowest BCUT2D eigenvalue weighted by molar-refractivity contribution is 0.0943. The van der Waals surface area contributed by atoms with E-state index < -0.39 is 10.0 Å². The first-order valence-electron chi connectivity index (χ1n) is 9.41. The molecule has 0 aliphatic heterocycles. The van der Waals surface area contributed by atoms with Crippen molar-refractivity contribution in [2.24, 2.45) is 0 Å². The number of carbonyl (C=O) groups excluding carboxylic acids is 1. The van der Waals surface area contributed by atoms with Gasteiger partial charge in [0.25, 0.3) is 5.91 Å². The van der Waals surface area contributed by atoms with E-state index in [1.165, 1.54) is 36.9 Å². The molecular formula is C22H24N2O3S2. The fourth-order valence-electron chi connectivity index (χ4n) is 3.06. The topological polar surface area (TPSA) is 75.3 Å². The Morgan fingerprint density at radius 2 is 1.72 bits per heavy atom. The smallest absolute Gasteiger partial charge is 0.252 e. The maximum Gasteiger partial charge on any atom is 0.252 e. The summed E-state index contributed by atoms with van der Waals surface area (Å²) in [5.74, 6) is -0.255. The van der Waals surface area contributed by atoms with Gasteiger partial charge in [-0.3, -0.25) is 4.79 Å². The van der Waals surface area contributed by atoms with Crippen LogP contribution in [-0.4, -0.2) is 21.4 Å². The van der Waals surface area contributed by atoms with Crippen molar-refractivity contribution in [3.05, 3.63) is 87.6 Å². The normalized spacial score (nSPS) is 12.5. The summed E-state index contributed by atoms with van der Waals surface area (Å²) in [4.78, 5) is 14.0. The Labute approximate surface area is 175 Å². The van der Waals surface area contributed by atoms with Crippen LogP contribution in [0.2, 0.25) is 0 Å². The molecule has 0 spiro atoms. The average Bonchev–Trinajstić information content (AvgIpc) is 3.27. The second-order valence-corrected chi connectivity index (χ2v) is 9.51. The van der Waals surface area contributed by atoms with E-state index in [2.05, 4.69) is 41.2 Å². The molecule has 2 aromatic carbocycles. The summed E-state index contributed by atoms with van der Waals surface area (Å²) in [5, 5.41) is 5.07. The predicted molar refractivity (Wildman–Crippen MR) is 117 cm³/mol. The van der Waals surface area contributed by atoms with Crippen molar-refractivity contribution in [1.29, 1.82) is 0 Å². The summed E-state index contributed by atoms with van der Waals surface area (Å²) in [5.41, 5.74) is 2.69. The Morgan fingerprint density at radius 1 is 1.03 bits per heavy atom. The van der Waals surface area contributed by atoms with E-state index in [0.717, 1.165) is 23.3 Å². The van der Waals surface area contributed by atoms with Crippen LogP contribution in [0.25, 0.3) is 0 Å².